The second kappa shape index (κ2) is 5.35. The Labute approximate surface area is 104 Å². The number of carboxylic acid groups (broad SMARTS) is 1. The van der Waals surface area contributed by atoms with Gasteiger partial charge in [-0.05, 0) is 36.3 Å². The van der Waals surface area contributed by atoms with E-state index in [1.807, 2.05) is 12.1 Å². The van der Waals surface area contributed by atoms with E-state index in [1.54, 1.807) is 6.92 Å². The Morgan fingerprint density at radius 2 is 1.71 bits per heavy atom. The Kier molecular flexibility index (Phi) is 4.33. The highest BCUT2D eigenvalue weighted by Crippen LogP contribution is 2.31. The smallest absolute Gasteiger partial charge is 0.310 e. The first-order valence-corrected chi connectivity index (χ1v) is 6.28. The minimum absolute atomic E-state index is 0.199. The quantitative estimate of drug-likeness (QED) is 0.837. The van der Waals surface area contributed by atoms with Crippen LogP contribution in [-0.2, 0) is 10.2 Å². The normalized spacial score (nSPS) is 13.4. The minimum Gasteiger partial charge on any atom is -0.481 e. The molecule has 0 bridgehead atoms. The van der Waals surface area contributed by atoms with Crippen molar-refractivity contribution in [1.82, 2.24) is 0 Å². The number of hydrogen-bond acceptors (Lipinski definition) is 1. The number of hydrogen-bond donors (Lipinski definition) is 1. The maximum atomic E-state index is 10.9. The van der Waals surface area contributed by atoms with Crippen LogP contribution in [0.25, 0.3) is 0 Å². The van der Waals surface area contributed by atoms with E-state index in [4.69, 9.17) is 5.11 Å². The fourth-order valence-corrected chi connectivity index (χ4v) is 1.97. The van der Waals surface area contributed by atoms with Gasteiger partial charge in [0, 0.05) is 0 Å². The molecule has 0 saturated heterocycles. The standard InChI is InChI=1S/C15H22O2/c1-5-15(4,6-2)13-9-7-12(8-10-13)11(3)14(16)17/h7-11H,5-6H2,1-4H3,(H,16,17)/t11-/m0/s1. The molecule has 0 radical (unpaired) electrons. The van der Waals surface area contributed by atoms with Crippen molar-refractivity contribution < 1.29 is 9.90 Å². The van der Waals surface area contributed by atoms with Crippen LogP contribution in [-0.4, -0.2) is 11.1 Å². The van der Waals surface area contributed by atoms with Crippen molar-refractivity contribution in [3.8, 4) is 0 Å². The van der Waals surface area contributed by atoms with Crippen LogP contribution < -0.4 is 0 Å². The van der Waals surface area contributed by atoms with Gasteiger partial charge in [-0.1, -0.05) is 45.0 Å². The molecular weight excluding hydrogens is 212 g/mol. The average molecular weight is 234 g/mol. The van der Waals surface area contributed by atoms with Gasteiger partial charge < -0.3 is 5.11 Å². The molecule has 1 aromatic rings. The summed E-state index contributed by atoms with van der Waals surface area (Å²) in [6.07, 6.45) is 2.19. The lowest BCUT2D eigenvalue weighted by molar-refractivity contribution is -0.138. The van der Waals surface area contributed by atoms with Crippen molar-refractivity contribution in [3.63, 3.8) is 0 Å². The van der Waals surface area contributed by atoms with Crippen molar-refractivity contribution in [1.29, 1.82) is 0 Å². The summed E-state index contributed by atoms with van der Waals surface area (Å²) in [6, 6.07) is 8.03. The number of carbonyl (C=O) groups is 1. The molecule has 0 aromatic heterocycles. The summed E-state index contributed by atoms with van der Waals surface area (Å²) in [6.45, 7) is 8.35. The molecule has 17 heavy (non-hydrogen) atoms. The second-order valence-electron chi connectivity index (χ2n) is 4.95. The van der Waals surface area contributed by atoms with E-state index in [1.165, 1.54) is 5.56 Å². The van der Waals surface area contributed by atoms with E-state index in [9.17, 15) is 4.79 Å². The summed E-state index contributed by atoms with van der Waals surface area (Å²) in [4.78, 5) is 10.9. The fraction of sp³-hybridized carbons (Fsp3) is 0.533. The van der Waals surface area contributed by atoms with Crippen LogP contribution in [0.1, 0.15) is 57.6 Å². The lowest BCUT2D eigenvalue weighted by Crippen LogP contribution is -2.19. The molecule has 1 N–H and O–H groups in total. The zero-order valence-electron chi connectivity index (χ0n) is 11.2. The van der Waals surface area contributed by atoms with E-state index >= 15 is 0 Å². The molecule has 1 atom stereocenters. The fourth-order valence-electron chi connectivity index (χ4n) is 1.97. The van der Waals surface area contributed by atoms with Gasteiger partial charge in [0.15, 0.2) is 0 Å². The third-order valence-electron chi connectivity index (χ3n) is 4.04. The summed E-state index contributed by atoms with van der Waals surface area (Å²) in [5, 5.41) is 8.96. The molecule has 0 spiro atoms. The molecule has 0 heterocycles. The highest BCUT2D eigenvalue weighted by molar-refractivity contribution is 5.75. The lowest BCUT2D eigenvalue weighted by atomic mass is 9.77. The predicted molar refractivity (Wildman–Crippen MR) is 70.4 cm³/mol. The molecule has 0 unspecified atom stereocenters. The average Bonchev–Trinajstić information content (AvgIpc) is 2.37. The highest BCUT2D eigenvalue weighted by Gasteiger charge is 2.22. The molecule has 1 aromatic carbocycles. The number of carboxylic acids is 1. The van der Waals surface area contributed by atoms with Gasteiger partial charge in [-0.2, -0.15) is 0 Å². The van der Waals surface area contributed by atoms with Crippen LogP contribution in [0.3, 0.4) is 0 Å². The van der Waals surface area contributed by atoms with Gasteiger partial charge in [0.2, 0.25) is 0 Å². The van der Waals surface area contributed by atoms with Gasteiger partial charge in [-0.3, -0.25) is 4.79 Å². The molecular formula is C15H22O2. The van der Waals surface area contributed by atoms with Gasteiger partial charge in [0.25, 0.3) is 0 Å². The summed E-state index contributed by atoms with van der Waals surface area (Å²) < 4.78 is 0. The molecule has 0 amide bonds. The summed E-state index contributed by atoms with van der Waals surface area (Å²) in [5.74, 6) is -1.20. The van der Waals surface area contributed by atoms with Gasteiger partial charge in [-0.25, -0.2) is 0 Å². The Morgan fingerprint density at radius 3 is 2.06 bits per heavy atom. The Morgan fingerprint density at radius 1 is 1.24 bits per heavy atom. The molecule has 0 saturated carbocycles. The molecule has 2 heteroatoms. The summed E-state index contributed by atoms with van der Waals surface area (Å²) >= 11 is 0. The minimum atomic E-state index is -0.772. The van der Waals surface area contributed by atoms with Crippen molar-refractivity contribution in [3.05, 3.63) is 35.4 Å². The Bertz CT molecular complexity index is 374. The lowest BCUT2D eigenvalue weighted by Gasteiger charge is -2.27. The first-order chi connectivity index (χ1) is 7.94. The van der Waals surface area contributed by atoms with E-state index < -0.39 is 11.9 Å². The maximum Gasteiger partial charge on any atom is 0.310 e. The largest absolute Gasteiger partial charge is 0.481 e. The number of rotatable bonds is 5. The van der Waals surface area contributed by atoms with Gasteiger partial charge >= 0.3 is 5.97 Å². The SMILES string of the molecule is CCC(C)(CC)c1ccc([C@H](C)C(=O)O)cc1. The highest BCUT2D eigenvalue weighted by atomic mass is 16.4. The molecule has 0 aliphatic heterocycles. The van der Waals surface area contributed by atoms with Gasteiger partial charge in [0.05, 0.1) is 5.92 Å². The van der Waals surface area contributed by atoms with E-state index in [-0.39, 0.29) is 5.41 Å². The molecule has 0 fully saturated rings. The first-order valence-electron chi connectivity index (χ1n) is 6.28. The molecule has 1 rings (SSSR count). The second-order valence-corrected chi connectivity index (χ2v) is 4.95. The molecule has 94 valence electrons. The van der Waals surface area contributed by atoms with Gasteiger partial charge in [0.1, 0.15) is 0 Å². The third kappa shape index (κ3) is 2.87. The maximum absolute atomic E-state index is 10.9. The monoisotopic (exact) mass is 234 g/mol. The van der Waals surface area contributed by atoms with Crippen molar-refractivity contribution >= 4 is 5.97 Å². The number of benzene rings is 1. The third-order valence-corrected chi connectivity index (χ3v) is 4.04. The molecule has 2 nitrogen and oxygen atoms in total. The van der Waals surface area contributed by atoms with Crippen molar-refractivity contribution in [2.45, 2.75) is 51.9 Å². The van der Waals surface area contributed by atoms with Crippen molar-refractivity contribution in [2.75, 3.05) is 0 Å². The number of aliphatic carboxylic acids is 1. The van der Waals surface area contributed by atoms with Crippen molar-refractivity contribution in [2.24, 2.45) is 0 Å². The predicted octanol–water partition coefficient (Wildman–Crippen LogP) is 3.95. The van der Waals surface area contributed by atoms with E-state index in [2.05, 4.69) is 32.9 Å². The van der Waals surface area contributed by atoms with Crippen LogP contribution in [0.4, 0.5) is 0 Å². The molecule has 0 aliphatic carbocycles. The van der Waals surface area contributed by atoms with Crippen LogP contribution in [0, 0.1) is 0 Å². The summed E-state index contributed by atoms with van der Waals surface area (Å²) in [7, 11) is 0. The van der Waals surface area contributed by atoms with Gasteiger partial charge in [-0.15, -0.1) is 0 Å². The Balaban J connectivity index is 2.99. The zero-order chi connectivity index (χ0) is 13.1. The molecule has 0 aliphatic rings. The van der Waals surface area contributed by atoms with E-state index in [0.717, 1.165) is 18.4 Å². The topological polar surface area (TPSA) is 37.3 Å². The zero-order valence-corrected chi connectivity index (χ0v) is 11.2. The van der Waals surface area contributed by atoms with Crippen LogP contribution in [0.5, 0.6) is 0 Å². The van der Waals surface area contributed by atoms with Crippen LogP contribution >= 0.6 is 0 Å². The summed E-state index contributed by atoms with van der Waals surface area (Å²) in [5.41, 5.74) is 2.37. The van der Waals surface area contributed by atoms with Crippen LogP contribution in [0.2, 0.25) is 0 Å². The van der Waals surface area contributed by atoms with E-state index in [0.29, 0.717) is 0 Å². The van der Waals surface area contributed by atoms with Crippen LogP contribution in [0.15, 0.2) is 24.3 Å². The Hall–Kier alpha value is -1.31. The first kappa shape index (κ1) is 13.8.